The first-order valence-corrected chi connectivity index (χ1v) is 10.2. The van der Waals surface area contributed by atoms with Crippen molar-refractivity contribution in [3.63, 3.8) is 0 Å². The number of ether oxygens (including phenoxy) is 1. The highest BCUT2D eigenvalue weighted by Crippen LogP contribution is 2.36. The number of rotatable bonds is 4. The van der Waals surface area contributed by atoms with E-state index in [0.29, 0.717) is 29.8 Å². The van der Waals surface area contributed by atoms with Gasteiger partial charge in [-0.25, -0.2) is 9.69 Å². The summed E-state index contributed by atoms with van der Waals surface area (Å²) in [7, 11) is 2.35. The Balaban J connectivity index is 1.37. The highest BCUT2D eigenvalue weighted by molar-refractivity contribution is 6.28. The Bertz CT molecular complexity index is 794. The minimum atomic E-state index is -0.369. The van der Waals surface area contributed by atoms with Crippen LogP contribution in [0.1, 0.15) is 42.5 Å². The zero-order chi connectivity index (χ0) is 19.7. The maximum atomic E-state index is 12.5. The van der Waals surface area contributed by atoms with Crippen LogP contribution >= 0.6 is 0 Å². The Hall–Kier alpha value is -2.47. The molecule has 3 heterocycles. The van der Waals surface area contributed by atoms with Gasteiger partial charge in [-0.2, -0.15) is 0 Å². The van der Waals surface area contributed by atoms with Gasteiger partial charge in [0.25, 0.3) is 11.8 Å². The lowest BCUT2D eigenvalue weighted by Gasteiger charge is -2.51. The molecule has 2 fully saturated rings. The molecule has 3 aliphatic heterocycles. The molecule has 0 saturated carbocycles. The third kappa shape index (κ3) is 3.49. The maximum absolute atomic E-state index is 12.5. The molecule has 2 saturated heterocycles. The lowest BCUT2D eigenvalue weighted by atomic mass is 9.82. The van der Waals surface area contributed by atoms with Crippen LogP contribution in [0.4, 0.5) is 5.69 Å². The van der Waals surface area contributed by atoms with E-state index in [1.54, 1.807) is 24.3 Å². The number of fused-ring (bicyclic) bond motifs is 1. The van der Waals surface area contributed by atoms with Gasteiger partial charge >= 0.3 is 5.97 Å². The van der Waals surface area contributed by atoms with E-state index in [2.05, 4.69) is 7.05 Å². The van der Waals surface area contributed by atoms with E-state index in [9.17, 15) is 14.4 Å². The Labute approximate surface area is 165 Å². The van der Waals surface area contributed by atoms with Crippen molar-refractivity contribution in [1.29, 1.82) is 0 Å². The van der Waals surface area contributed by atoms with Crippen molar-refractivity contribution >= 4 is 23.5 Å². The third-order valence-electron chi connectivity index (χ3n) is 6.61. The molecule has 6 nitrogen and oxygen atoms in total. The summed E-state index contributed by atoms with van der Waals surface area (Å²) in [6, 6.07) is 7.03. The first-order chi connectivity index (χ1) is 13.5. The molecule has 0 N–H and O–H groups in total. The Morgan fingerprint density at radius 1 is 1.04 bits per heavy atom. The minimum absolute atomic E-state index is 0.348. The maximum Gasteiger partial charge on any atom is 0.338 e. The van der Waals surface area contributed by atoms with Gasteiger partial charge in [0.05, 0.1) is 37.4 Å². The second kappa shape index (κ2) is 7.51. The van der Waals surface area contributed by atoms with Crippen LogP contribution in [-0.4, -0.2) is 55.1 Å². The van der Waals surface area contributed by atoms with Crippen LogP contribution in [0.3, 0.4) is 0 Å². The molecule has 0 radical (unpaired) electrons. The zero-order valence-electron chi connectivity index (χ0n) is 16.3. The van der Waals surface area contributed by atoms with E-state index < -0.39 is 0 Å². The average molecular weight is 383 g/mol. The summed E-state index contributed by atoms with van der Waals surface area (Å²) in [5.74, 6) is -0.662. The van der Waals surface area contributed by atoms with Crippen LogP contribution in [0.2, 0.25) is 0 Å². The van der Waals surface area contributed by atoms with E-state index in [0.717, 1.165) is 15.8 Å². The number of benzene rings is 1. The standard InChI is InChI=1S/C22H27N2O4/c1-24-13-3-2-6-19(24)17(5-4-14-24)15-28-22(27)16-7-9-18(10-8-16)23-20(25)11-12-21(23)26/h7-12,17,19H,2-6,13-15H2,1H3/q+1. The van der Waals surface area contributed by atoms with Gasteiger partial charge < -0.3 is 9.22 Å². The summed E-state index contributed by atoms with van der Waals surface area (Å²) in [5, 5.41) is 0. The van der Waals surface area contributed by atoms with Gasteiger partial charge in [0, 0.05) is 24.5 Å². The molecule has 3 atom stereocenters. The Morgan fingerprint density at radius 3 is 2.43 bits per heavy atom. The molecular formula is C22H27N2O4+. The smallest absolute Gasteiger partial charge is 0.338 e. The number of piperidine rings is 2. The highest BCUT2D eigenvalue weighted by Gasteiger charge is 2.43. The monoisotopic (exact) mass is 383 g/mol. The second-order valence-corrected chi connectivity index (χ2v) is 8.38. The van der Waals surface area contributed by atoms with Crippen molar-refractivity contribution in [2.75, 3.05) is 31.6 Å². The van der Waals surface area contributed by atoms with E-state index in [1.165, 1.54) is 50.9 Å². The number of amides is 2. The summed E-state index contributed by atoms with van der Waals surface area (Å²) in [6.07, 6.45) is 8.58. The number of quaternary nitrogens is 1. The van der Waals surface area contributed by atoms with Crippen molar-refractivity contribution in [3.8, 4) is 0 Å². The van der Waals surface area contributed by atoms with Gasteiger partial charge in [-0.15, -0.1) is 0 Å². The number of hydrogen-bond acceptors (Lipinski definition) is 4. The van der Waals surface area contributed by atoms with Gasteiger partial charge in [-0.1, -0.05) is 0 Å². The van der Waals surface area contributed by atoms with Crippen LogP contribution in [0.5, 0.6) is 0 Å². The fraction of sp³-hybridized carbons (Fsp3) is 0.500. The lowest BCUT2D eigenvalue weighted by Crippen LogP contribution is -2.61. The normalized spacial score (nSPS) is 29.7. The molecule has 1 aromatic rings. The van der Waals surface area contributed by atoms with Crippen LogP contribution < -0.4 is 4.90 Å². The highest BCUT2D eigenvalue weighted by atomic mass is 16.5. The first-order valence-electron chi connectivity index (χ1n) is 10.2. The average Bonchev–Trinajstić information content (AvgIpc) is 3.03. The van der Waals surface area contributed by atoms with Gasteiger partial charge in [0.15, 0.2) is 0 Å². The summed E-state index contributed by atoms with van der Waals surface area (Å²) in [4.78, 5) is 37.1. The summed E-state index contributed by atoms with van der Waals surface area (Å²) < 4.78 is 6.79. The number of carbonyl (C=O) groups is 3. The van der Waals surface area contributed by atoms with E-state index in [-0.39, 0.29) is 17.8 Å². The predicted octanol–water partition coefficient (Wildman–Crippen LogP) is 2.68. The molecule has 3 unspecified atom stereocenters. The summed E-state index contributed by atoms with van der Waals surface area (Å²) in [5.41, 5.74) is 0.895. The third-order valence-corrected chi connectivity index (χ3v) is 6.61. The Morgan fingerprint density at radius 2 is 1.71 bits per heavy atom. The van der Waals surface area contributed by atoms with Crippen LogP contribution in [0.15, 0.2) is 36.4 Å². The Kier molecular flexibility index (Phi) is 5.06. The molecule has 148 valence electrons. The minimum Gasteiger partial charge on any atom is -0.462 e. The van der Waals surface area contributed by atoms with Crippen LogP contribution in [0, 0.1) is 5.92 Å². The quantitative estimate of drug-likeness (QED) is 0.456. The topological polar surface area (TPSA) is 63.7 Å². The van der Waals surface area contributed by atoms with Crippen molar-refractivity contribution in [3.05, 3.63) is 42.0 Å². The number of imide groups is 1. The number of anilines is 1. The van der Waals surface area contributed by atoms with Crippen molar-refractivity contribution in [1.82, 2.24) is 0 Å². The van der Waals surface area contributed by atoms with Gasteiger partial charge in [-0.3, -0.25) is 9.59 Å². The molecule has 2 amide bonds. The number of nitrogens with zero attached hydrogens (tertiary/aromatic N) is 2. The lowest BCUT2D eigenvalue weighted by molar-refractivity contribution is -0.947. The molecule has 1 aromatic carbocycles. The number of esters is 1. The van der Waals surface area contributed by atoms with E-state index >= 15 is 0 Å². The fourth-order valence-corrected chi connectivity index (χ4v) is 5.10. The molecule has 0 aliphatic carbocycles. The SMILES string of the molecule is C[N+]12CCCCC1C(COC(=O)c1ccc(N3C(=O)C=CC3=O)cc1)CCC2. The summed E-state index contributed by atoms with van der Waals surface area (Å²) in [6.45, 7) is 2.94. The van der Waals surface area contributed by atoms with E-state index in [1.807, 2.05) is 0 Å². The molecular weight excluding hydrogens is 356 g/mol. The summed E-state index contributed by atoms with van der Waals surface area (Å²) >= 11 is 0. The van der Waals surface area contributed by atoms with Gasteiger partial charge in [-0.05, 0) is 49.9 Å². The van der Waals surface area contributed by atoms with Crippen molar-refractivity contribution in [2.45, 2.75) is 38.1 Å². The van der Waals surface area contributed by atoms with Gasteiger partial charge in [0.1, 0.15) is 6.61 Å². The van der Waals surface area contributed by atoms with Crippen LogP contribution in [0.25, 0.3) is 0 Å². The van der Waals surface area contributed by atoms with Crippen LogP contribution in [-0.2, 0) is 14.3 Å². The predicted molar refractivity (Wildman–Crippen MR) is 105 cm³/mol. The molecule has 6 heteroatoms. The molecule has 28 heavy (non-hydrogen) atoms. The fourth-order valence-electron chi connectivity index (χ4n) is 5.10. The number of carbonyl (C=O) groups excluding carboxylic acids is 3. The molecule has 4 rings (SSSR count). The number of hydrogen-bond donors (Lipinski definition) is 0. The van der Waals surface area contributed by atoms with Crippen molar-refractivity contribution in [2.24, 2.45) is 5.92 Å². The zero-order valence-corrected chi connectivity index (χ0v) is 16.3. The molecule has 0 bridgehead atoms. The second-order valence-electron chi connectivity index (χ2n) is 8.38. The largest absolute Gasteiger partial charge is 0.462 e. The van der Waals surface area contributed by atoms with Gasteiger partial charge in [0.2, 0.25) is 0 Å². The molecule has 3 aliphatic rings. The van der Waals surface area contributed by atoms with Crippen molar-refractivity contribution < 1.29 is 23.6 Å². The molecule has 0 aromatic heterocycles. The molecule has 0 spiro atoms. The first kappa shape index (κ1) is 18.9. The van der Waals surface area contributed by atoms with E-state index in [4.69, 9.17) is 4.74 Å².